The Balaban J connectivity index is 2.05. The Hall–Kier alpha value is -2.50. The van der Waals surface area contributed by atoms with E-state index < -0.39 is 0 Å². The molecule has 0 atom stereocenters. The van der Waals surface area contributed by atoms with Crippen molar-refractivity contribution in [1.29, 1.82) is 0 Å². The molecule has 0 aliphatic heterocycles. The first-order chi connectivity index (χ1) is 10.0. The van der Waals surface area contributed by atoms with Crippen LogP contribution in [0.25, 0.3) is 11.0 Å². The summed E-state index contributed by atoms with van der Waals surface area (Å²) in [7, 11) is 0. The van der Waals surface area contributed by atoms with Crippen molar-refractivity contribution in [1.82, 2.24) is 14.7 Å². The smallest absolute Gasteiger partial charge is 0.201 e. The molecule has 6 heteroatoms. The molecule has 3 aromatic rings. The number of anilines is 1. The minimum absolute atomic E-state index is 0.0823. The lowest BCUT2D eigenvalue weighted by atomic mass is 10.3. The van der Waals surface area contributed by atoms with Gasteiger partial charge in [0.2, 0.25) is 5.95 Å². The molecule has 2 heterocycles. The summed E-state index contributed by atoms with van der Waals surface area (Å²) < 4.78 is 12.9. The molecule has 0 aliphatic carbocycles. The summed E-state index contributed by atoms with van der Waals surface area (Å²) in [4.78, 5) is 4.42. The maximum atomic E-state index is 6.04. The summed E-state index contributed by atoms with van der Waals surface area (Å²) >= 11 is 0. The van der Waals surface area contributed by atoms with Gasteiger partial charge < -0.3 is 19.6 Å². The van der Waals surface area contributed by atoms with Crippen LogP contribution in [-0.4, -0.2) is 20.8 Å². The van der Waals surface area contributed by atoms with Gasteiger partial charge in [0.15, 0.2) is 5.76 Å². The zero-order valence-electron chi connectivity index (χ0n) is 12.3. The van der Waals surface area contributed by atoms with E-state index in [0.717, 1.165) is 28.2 Å². The van der Waals surface area contributed by atoms with Gasteiger partial charge in [-0.2, -0.15) is 0 Å². The van der Waals surface area contributed by atoms with E-state index in [1.165, 1.54) is 0 Å². The summed E-state index contributed by atoms with van der Waals surface area (Å²) in [6, 6.07) is 7.69. The fraction of sp³-hybridized carbons (Fsp3) is 0.333. The van der Waals surface area contributed by atoms with Crippen LogP contribution in [0.4, 0.5) is 5.95 Å². The van der Waals surface area contributed by atoms with Crippen molar-refractivity contribution >= 4 is 17.0 Å². The second-order valence-corrected chi connectivity index (χ2v) is 5.28. The van der Waals surface area contributed by atoms with Gasteiger partial charge in [0.25, 0.3) is 0 Å². The van der Waals surface area contributed by atoms with Gasteiger partial charge in [-0.3, -0.25) is 0 Å². The van der Waals surface area contributed by atoms with Gasteiger partial charge in [0.1, 0.15) is 11.3 Å². The fourth-order valence-electron chi connectivity index (χ4n) is 2.30. The number of ether oxygens (including phenoxy) is 1. The van der Waals surface area contributed by atoms with Gasteiger partial charge in [0.05, 0.1) is 23.9 Å². The average molecular weight is 286 g/mol. The van der Waals surface area contributed by atoms with E-state index in [1.807, 2.05) is 49.6 Å². The van der Waals surface area contributed by atoms with Crippen molar-refractivity contribution in [3.8, 4) is 5.75 Å². The number of benzene rings is 1. The summed E-state index contributed by atoms with van der Waals surface area (Å²) in [5.41, 5.74) is 8.57. The topological polar surface area (TPSA) is 79.1 Å². The second-order valence-electron chi connectivity index (χ2n) is 5.28. The molecule has 6 nitrogen and oxygen atoms in total. The number of imidazole rings is 1. The number of rotatable bonds is 4. The fourth-order valence-corrected chi connectivity index (χ4v) is 2.30. The maximum absolute atomic E-state index is 6.04. The van der Waals surface area contributed by atoms with E-state index in [2.05, 4.69) is 10.1 Å². The summed E-state index contributed by atoms with van der Waals surface area (Å²) in [6.07, 6.45) is 0.0823. The monoisotopic (exact) mass is 286 g/mol. The number of aromatic nitrogens is 3. The molecule has 0 saturated heterocycles. The molecule has 0 amide bonds. The molecule has 3 rings (SSSR count). The van der Waals surface area contributed by atoms with Crippen LogP contribution in [-0.2, 0) is 6.54 Å². The highest BCUT2D eigenvalue weighted by Crippen LogP contribution is 2.28. The Bertz CT molecular complexity index is 773. The second kappa shape index (κ2) is 5.12. The van der Waals surface area contributed by atoms with Crippen LogP contribution in [0.1, 0.15) is 25.3 Å². The summed E-state index contributed by atoms with van der Waals surface area (Å²) in [6.45, 7) is 6.35. The third-order valence-corrected chi connectivity index (χ3v) is 3.12. The summed E-state index contributed by atoms with van der Waals surface area (Å²) in [5.74, 6) is 1.91. The van der Waals surface area contributed by atoms with E-state index >= 15 is 0 Å². The van der Waals surface area contributed by atoms with E-state index in [1.54, 1.807) is 0 Å². The van der Waals surface area contributed by atoms with Crippen LogP contribution in [0.5, 0.6) is 5.75 Å². The van der Waals surface area contributed by atoms with Gasteiger partial charge in [-0.05, 0) is 32.9 Å². The molecule has 0 radical (unpaired) electrons. The van der Waals surface area contributed by atoms with E-state index in [0.29, 0.717) is 12.5 Å². The van der Waals surface area contributed by atoms with E-state index in [-0.39, 0.29) is 6.10 Å². The summed E-state index contributed by atoms with van der Waals surface area (Å²) in [5, 5.41) is 3.89. The Morgan fingerprint density at radius 3 is 2.86 bits per heavy atom. The minimum Gasteiger partial charge on any atom is -0.489 e. The largest absolute Gasteiger partial charge is 0.489 e. The maximum Gasteiger partial charge on any atom is 0.201 e. The number of aryl methyl sites for hydroxylation is 1. The molecule has 0 saturated carbocycles. The zero-order chi connectivity index (χ0) is 15.0. The van der Waals surface area contributed by atoms with Crippen molar-refractivity contribution in [3.05, 3.63) is 35.7 Å². The van der Waals surface area contributed by atoms with Crippen molar-refractivity contribution < 1.29 is 9.26 Å². The number of nitrogens with zero attached hydrogens (tertiary/aromatic N) is 3. The molecule has 0 aliphatic rings. The van der Waals surface area contributed by atoms with Crippen molar-refractivity contribution in [2.24, 2.45) is 0 Å². The molecular formula is C15H18N4O2. The lowest BCUT2D eigenvalue weighted by molar-refractivity contribution is 0.245. The number of hydrogen-bond acceptors (Lipinski definition) is 5. The van der Waals surface area contributed by atoms with Crippen molar-refractivity contribution in [2.45, 2.75) is 33.4 Å². The highest BCUT2D eigenvalue weighted by atomic mass is 16.5. The predicted molar refractivity (Wildman–Crippen MR) is 80.3 cm³/mol. The van der Waals surface area contributed by atoms with E-state index in [9.17, 15) is 0 Å². The standard InChI is InChI=1S/C15H18N4O2/c1-9(2)20-13-6-4-5-12-14(13)17-15(16)19(12)8-11-7-10(3)18-21-11/h4-7,9H,8H2,1-3H3,(H2,16,17). The molecule has 0 unspecified atom stereocenters. The number of para-hydroxylation sites is 1. The Labute approximate surface area is 122 Å². The normalized spacial score (nSPS) is 11.4. The van der Waals surface area contributed by atoms with Gasteiger partial charge in [-0.25, -0.2) is 4.98 Å². The highest BCUT2D eigenvalue weighted by molar-refractivity contribution is 5.84. The van der Waals surface area contributed by atoms with Crippen LogP contribution in [0, 0.1) is 6.92 Å². The molecular weight excluding hydrogens is 268 g/mol. The quantitative estimate of drug-likeness (QED) is 0.797. The Morgan fingerprint density at radius 2 is 2.19 bits per heavy atom. The van der Waals surface area contributed by atoms with E-state index in [4.69, 9.17) is 15.0 Å². The third-order valence-electron chi connectivity index (χ3n) is 3.12. The molecule has 21 heavy (non-hydrogen) atoms. The van der Waals surface area contributed by atoms with Crippen molar-refractivity contribution in [3.63, 3.8) is 0 Å². The molecule has 2 aromatic heterocycles. The molecule has 0 bridgehead atoms. The third kappa shape index (κ3) is 2.56. The SMILES string of the molecule is Cc1cc(Cn2c(N)nc3c(OC(C)C)cccc32)on1. The first-order valence-corrected chi connectivity index (χ1v) is 6.88. The van der Waals surface area contributed by atoms with Crippen molar-refractivity contribution in [2.75, 3.05) is 5.73 Å². The Kier molecular flexibility index (Phi) is 3.29. The highest BCUT2D eigenvalue weighted by Gasteiger charge is 2.14. The number of hydrogen-bond donors (Lipinski definition) is 1. The van der Waals surface area contributed by atoms with Crippen LogP contribution in [0.15, 0.2) is 28.8 Å². The lowest BCUT2D eigenvalue weighted by Crippen LogP contribution is -2.06. The zero-order valence-corrected chi connectivity index (χ0v) is 12.3. The van der Waals surface area contributed by atoms with Crippen LogP contribution < -0.4 is 10.5 Å². The number of nitrogens with two attached hydrogens (primary N) is 1. The lowest BCUT2D eigenvalue weighted by Gasteiger charge is -2.10. The van der Waals surface area contributed by atoms with Gasteiger partial charge >= 0.3 is 0 Å². The predicted octanol–water partition coefficient (Wildman–Crippen LogP) is 2.75. The molecule has 1 aromatic carbocycles. The van der Waals surface area contributed by atoms with Gasteiger partial charge in [0, 0.05) is 6.07 Å². The molecule has 0 spiro atoms. The first kappa shape index (κ1) is 13.5. The first-order valence-electron chi connectivity index (χ1n) is 6.88. The van der Waals surface area contributed by atoms with Gasteiger partial charge in [-0.15, -0.1) is 0 Å². The molecule has 110 valence electrons. The van der Waals surface area contributed by atoms with Crippen LogP contribution in [0.3, 0.4) is 0 Å². The molecule has 0 fully saturated rings. The van der Waals surface area contributed by atoms with Crippen LogP contribution >= 0.6 is 0 Å². The Morgan fingerprint density at radius 1 is 1.38 bits per heavy atom. The van der Waals surface area contributed by atoms with Gasteiger partial charge in [-0.1, -0.05) is 11.2 Å². The average Bonchev–Trinajstić information content (AvgIpc) is 2.96. The van der Waals surface area contributed by atoms with Crippen LogP contribution in [0.2, 0.25) is 0 Å². The molecule has 2 N–H and O–H groups in total. The minimum atomic E-state index is 0.0823. The number of nitrogen functional groups attached to an aromatic ring is 1. The number of fused-ring (bicyclic) bond motifs is 1.